The van der Waals surface area contributed by atoms with E-state index in [0.29, 0.717) is 6.61 Å². The predicted octanol–water partition coefficient (Wildman–Crippen LogP) is 1.40. The Labute approximate surface area is 210 Å². The molecule has 18 heteroatoms. The Bertz CT molecular complexity index is 654. The van der Waals surface area contributed by atoms with E-state index in [-0.39, 0.29) is 30.2 Å². The van der Waals surface area contributed by atoms with E-state index in [1.165, 1.54) is 0 Å². The summed E-state index contributed by atoms with van der Waals surface area (Å²) in [5.41, 5.74) is -0.300. The van der Waals surface area contributed by atoms with Crippen LogP contribution in [0.2, 0.25) is 5.31 Å². The van der Waals surface area contributed by atoms with E-state index in [2.05, 4.69) is 0 Å². The van der Waals surface area contributed by atoms with Crippen LogP contribution in [0.5, 0.6) is 0 Å². The maximum absolute atomic E-state index is 5.86. The number of ether oxygens (including phenoxy) is 1. The monoisotopic (exact) mass is 498 g/mol. The molecule has 0 aromatic carbocycles. The van der Waals surface area contributed by atoms with Gasteiger partial charge in [0.15, 0.2) is 0 Å². The molecule has 0 saturated carbocycles. The van der Waals surface area contributed by atoms with Gasteiger partial charge in [0.25, 0.3) is 0 Å². The molecule has 0 radical (unpaired) electrons. The van der Waals surface area contributed by atoms with Crippen molar-refractivity contribution in [3.63, 3.8) is 0 Å². The van der Waals surface area contributed by atoms with Crippen molar-refractivity contribution in [2.24, 2.45) is 0 Å². The molecule has 3 heterocycles. The van der Waals surface area contributed by atoms with Crippen LogP contribution >= 0.6 is 0 Å². The first-order valence-corrected chi connectivity index (χ1v) is 12.0. The average Bonchev–Trinajstić information content (AvgIpc) is 2.73. The van der Waals surface area contributed by atoms with Gasteiger partial charge in [-0.25, -0.2) is 0 Å². The highest BCUT2D eigenvalue weighted by atomic mass is 16.9. The Morgan fingerprint density at radius 1 is 0.743 bits per heavy atom. The number of hydrogen-bond donors (Lipinski definition) is 0. The Hall–Kier alpha value is -0.0904. The van der Waals surface area contributed by atoms with Gasteiger partial charge in [-0.2, -0.15) is 0 Å². The number of hydrogen-bond acceptors (Lipinski definition) is 12. The molecule has 3 fully saturated rings. The van der Waals surface area contributed by atoms with Gasteiger partial charge in [0, 0.05) is 0 Å². The third-order valence-electron chi connectivity index (χ3n) is 4.78. The van der Waals surface area contributed by atoms with E-state index in [9.17, 15) is 0 Å². The van der Waals surface area contributed by atoms with Crippen molar-refractivity contribution >= 4 is 43.7 Å². The fourth-order valence-corrected chi connectivity index (χ4v) is 3.00. The SMILES string of the molecule is CC1COB2OB(OB(C(C)(C)C)O2)OC(C)COB2OB(OB(OC(C)COC(C)(C)C)O2)O1. The second-order valence-corrected chi connectivity index (χ2v) is 10.9. The van der Waals surface area contributed by atoms with Gasteiger partial charge in [-0.15, -0.1) is 0 Å². The zero-order chi connectivity index (χ0) is 25.8. The Balaban J connectivity index is 1.63. The first-order valence-electron chi connectivity index (χ1n) is 12.0. The lowest BCUT2D eigenvalue weighted by Gasteiger charge is -2.36. The molecule has 0 spiro atoms. The first-order chi connectivity index (χ1) is 16.3. The molecule has 3 unspecified atom stereocenters. The van der Waals surface area contributed by atoms with Crippen molar-refractivity contribution in [3.8, 4) is 0 Å². The highest BCUT2D eigenvalue weighted by Crippen LogP contribution is 2.32. The van der Waals surface area contributed by atoms with Gasteiger partial charge >= 0.3 is 43.7 Å². The van der Waals surface area contributed by atoms with Crippen LogP contribution in [0.25, 0.3) is 0 Å². The average molecular weight is 497 g/mol. The third-order valence-corrected chi connectivity index (χ3v) is 4.78. The van der Waals surface area contributed by atoms with E-state index in [1.807, 2.05) is 48.5 Å². The van der Waals surface area contributed by atoms with Gasteiger partial charge in [-0.1, -0.05) is 20.8 Å². The molecular formula is C17H36B6O12. The first kappa shape index (κ1) is 29.5. The molecule has 3 atom stereocenters. The lowest BCUT2D eigenvalue weighted by atomic mass is 9.58. The van der Waals surface area contributed by atoms with Crippen LogP contribution in [0.4, 0.5) is 0 Å². The van der Waals surface area contributed by atoms with Gasteiger partial charge in [-0.05, 0) is 46.9 Å². The van der Waals surface area contributed by atoms with Gasteiger partial charge in [0.1, 0.15) is 0 Å². The fraction of sp³-hybridized carbons (Fsp3) is 1.00. The summed E-state index contributed by atoms with van der Waals surface area (Å²) in [7, 11) is -5.98. The molecule has 0 N–H and O–H groups in total. The van der Waals surface area contributed by atoms with E-state index in [0.717, 1.165) is 0 Å². The van der Waals surface area contributed by atoms with Gasteiger partial charge in [0.2, 0.25) is 0 Å². The number of rotatable bonds is 4. The summed E-state index contributed by atoms with van der Waals surface area (Å²) >= 11 is 0. The van der Waals surface area contributed by atoms with Crippen molar-refractivity contribution in [1.82, 2.24) is 0 Å². The summed E-state index contributed by atoms with van der Waals surface area (Å²) in [6.07, 6.45) is -1.24. The van der Waals surface area contributed by atoms with Crippen LogP contribution in [-0.2, 0) is 55.4 Å². The smallest absolute Gasteiger partial charge is 0.426 e. The molecule has 3 saturated heterocycles. The topological polar surface area (TPSA) is 111 Å². The maximum Gasteiger partial charge on any atom is 0.615 e. The van der Waals surface area contributed by atoms with Crippen LogP contribution in [0, 0.1) is 0 Å². The molecule has 0 aromatic rings. The van der Waals surface area contributed by atoms with Crippen molar-refractivity contribution < 1.29 is 55.4 Å². The van der Waals surface area contributed by atoms with Crippen molar-refractivity contribution in [1.29, 1.82) is 0 Å². The van der Waals surface area contributed by atoms with Gasteiger partial charge in [0.05, 0.1) is 43.7 Å². The second kappa shape index (κ2) is 12.6. The van der Waals surface area contributed by atoms with E-state index in [1.54, 1.807) is 13.8 Å². The predicted molar refractivity (Wildman–Crippen MR) is 130 cm³/mol. The van der Waals surface area contributed by atoms with Gasteiger partial charge in [-0.3, -0.25) is 0 Å². The zero-order valence-electron chi connectivity index (χ0n) is 22.2. The summed E-state index contributed by atoms with van der Waals surface area (Å²) in [6.45, 7) is 17.8. The summed E-state index contributed by atoms with van der Waals surface area (Å²) in [5, 5.41) is -0.336. The van der Waals surface area contributed by atoms with E-state index >= 15 is 0 Å². The molecule has 12 nitrogen and oxygen atoms in total. The molecule has 4 bridgehead atoms. The molecule has 0 aromatic heterocycles. The normalized spacial score (nSPS) is 26.7. The van der Waals surface area contributed by atoms with Crippen molar-refractivity contribution in [2.75, 3.05) is 19.8 Å². The molecular weight excluding hydrogens is 461 g/mol. The lowest BCUT2D eigenvalue weighted by Crippen LogP contribution is -2.57. The zero-order valence-corrected chi connectivity index (χ0v) is 22.2. The fourth-order valence-electron chi connectivity index (χ4n) is 3.00. The largest absolute Gasteiger partial charge is 0.615 e. The molecule has 0 aliphatic carbocycles. The molecule has 3 aliphatic rings. The van der Waals surface area contributed by atoms with Crippen molar-refractivity contribution in [2.45, 2.75) is 91.5 Å². The van der Waals surface area contributed by atoms with Crippen LogP contribution in [0.3, 0.4) is 0 Å². The van der Waals surface area contributed by atoms with Gasteiger partial charge < -0.3 is 55.4 Å². The molecule has 194 valence electrons. The van der Waals surface area contributed by atoms with Crippen LogP contribution in [0.1, 0.15) is 62.3 Å². The molecule has 0 amide bonds. The highest BCUT2D eigenvalue weighted by Gasteiger charge is 2.51. The minimum Gasteiger partial charge on any atom is -0.426 e. The third kappa shape index (κ3) is 10.3. The Kier molecular flexibility index (Phi) is 10.6. The minimum atomic E-state index is -1.13. The Morgan fingerprint density at radius 2 is 1.23 bits per heavy atom. The second-order valence-electron chi connectivity index (χ2n) is 10.9. The summed E-state index contributed by atoms with van der Waals surface area (Å²) in [4.78, 5) is 0. The number of fused-ring (bicyclic) bond motifs is 4. The molecule has 3 aliphatic heterocycles. The maximum atomic E-state index is 5.86. The molecule has 35 heavy (non-hydrogen) atoms. The van der Waals surface area contributed by atoms with E-state index in [4.69, 9.17) is 55.4 Å². The van der Waals surface area contributed by atoms with Crippen molar-refractivity contribution in [3.05, 3.63) is 0 Å². The van der Waals surface area contributed by atoms with Crippen LogP contribution in [0.15, 0.2) is 0 Å². The summed E-state index contributed by atoms with van der Waals surface area (Å²) < 4.78 is 69.0. The van der Waals surface area contributed by atoms with Crippen LogP contribution < -0.4 is 0 Å². The lowest BCUT2D eigenvalue weighted by molar-refractivity contribution is -0.0520. The minimum absolute atomic E-state index is 0.0954. The highest BCUT2D eigenvalue weighted by molar-refractivity contribution is 6.71. The molecule has 3 rings (SSSR count). The Morgan fingerprint density at radius 3 is 1.77 bits per heavy atom. The quantitative estimate of drug-likeness (QED) is 0.524. The van der Waals surface area contributed by atoms with Crippen LogP contribution in [-0.4, -0.2) is 87.5 Å². The standard InChI is InChI=1S/C17H36B6O12/c1-13(10-24-17(7,8)9)27-22-33-20-26-12-14(2)28-21-31-18(16(4,5)6)30-19(32-21)25-11-15(3)29-23(34-20)35-22/h13-15H,10-12H2,1-9H3. The summed E-state index contributed by atoms with van der Waals surface area (Å²) in [5.74, 6) is 0. The summed E-state index contributed by atoms with van der Waals surface area (Å²) in [6, 6.07) is 0. The van der Waals surface area contributed by atoms with E-state index < -0.39 is 55.9 Å².